The monoisotopic (exact) mass is 368 g/mol. The van der Waals surface area contributed by atoms with Crippen LogP contribution in [0, 0.1) is 6.92 Å². The van der Waals surface area contributed by atoms with Gasteiger partial charge in [-0.05, 0) is 31.0 Å². The van der Waals surface area contributed by atoms with Crippen molar-refractivity contribution in [3.8, 4) is 0 Å². The number of benzene rings is 1. The summed E-state index contributed by atoms with van der Waals surface area (Å²) in [4.78, 5) is 46.9. The number of amides is 3. The number of fused-ring (bicyclic) bond motifs is 1. The summed E-state index contributed by atoms with van der Waals surface area (Å²) in [7, 11) is 0. The van der Waals surface area contributed by atoms with Crippen molar-refractivity contribution in [2.24, 2.45) is 0 Å². The van der Waals surface area contributed by atoms with Crippen molar-refractivity contribution in [3.63, 3.8) is 0 Å². The molecule has 4 rings (SSSR count). The second-order valence-corrected chi connectivity index (χ2v) is 6.74. The average Bonchev–Trinajstić information content (AvgIpc) is 3.06. The third-order valence-corrected chi connectivity index (χ3v) is 4.98. The van der Waals surface area contributed by atoms with Crippen LogP contribution in [0.15, 0.2) is 23.0 Å². The van der Waals surface area contributed by atoms with Crippen molar-refractivity contribution < 1.29 is 9.59 Å². The van der Waals surface area contributed by atoms with Crippen LogP contribution < -0.4 is 21.5 Å². The van der Waals surface area contributed by atoms with Crippen LogP contribution >= 0.6 is 0 Å². The number of nitrogens with one attached hydrogen (secondary N) is 2. The number of nitrogen functional groups attached to an aromatic ring is 1. The van der Waals surface area contributed by atoms with Gasteiger partial charge in [0, 0.05) is 36.4 Å². The van der Waals surface area contributed by atoms with Crippen LogP contribution in [0.5, 0.6) is 0 Å². The van der Waals surface area contributed by atoms with Gasteiger partial charge >= 0.3 is 6.03 Å². The minimum Gasteiger partial charge on any atom is -0.369 e. The van der Waals surface area contributed by atoms with Gasteiger partial charge in [0.15, 0.2) is 0 Å². The first kappa shape index (κ1) is 17.1. The van der Waals surface area contributed by atoms with Crippen LogP contribution in [0.25, 0.3) is 0 Å². The minimum atomic E-state index is -0.248. The first-order valence-electron chi connectivity index (χ1n) is 8.77. The summed E-state index contributed by atoms with van der Waals surface area (Å²) in [6, 6.07) is 5.18. The number of anilines is 2. The Labute approximate surface area is 155 Å². The van der Waals surface area contributed by atoms with Crippen molar-refractivity contribution in [3.05, 3.63) is 50.9 Å². The number of nitrogens with two attached hydrogens (primary N) is 1. The maximum absolute atomic E-state index is 13.0. The molecule has 0 atom stereocenters. The highest BCUT2D eigenvalue weighted by molar-refractivity contribution is 5.99. The molecule has 2 aliphatic heterocycles. The number of carbonyl (C=O) groups is 2. The first-order chi connectivity index (χ1) is 12.9. The zero-order chi connectivity index (χ0) is 19.1. The normalized spacial score (nSPS) is 16.3. The van der Waals surface area contributed by atoms with E-state index in [2.05, 4.69) is 15.3 Å². The lowest BCUT2D eigenvalue weighted by Gasteiger charge is -2.28. The Morgan fingerprint density at radius 1 is 1.26 bits per heavy atom. The minimum absolute atomic E-state index is 0.0470. The Morgan fingerprint density at radius 3 is 2.81 bits per heavy atom. The fraction of sp³-hybridized carbons (Fsp3) is 0.333. The van der Waals surface area contributed by atoms with E-state index in [1.54, 1.807) is 21.9 Å². The quantitative estimate of drug-likeness (QED) is 0.707. The Bertz CT molecular complexity index is 999. The lowest BCUT2D eigenvalue weighted by molar-refractivity contribution is 0.0731. The summed E-state index contributed by atoms with van der Waals surface area (Å²) in [5, 5.41) is 2.77. The number of rotatable bonds is 2. The van der Waals surface area contributed by atoms with Gasteiger partial charge in [-0.15, -0.1) is 0 Å². The largest absolute Gasteiger partial charge is 0.369 e. The first-order valence-corrected chi connectivity index (χ1v) is 8.77. The van der Waals surface area contributed by atoms with E-state index in [4.69, 9.17) is 5.73 Å². The van der Waals surface area contributed by atoms with E-state index < -0.39 is 0 Å². The molecule has 1 aromatic heterocycles. The second kappa shape index (κ2) is 6.42. The highest BCUT2D eigenvalue weighted by atomic mass is 16.2. The molecule has 0 aliphatic carbocycles. The molecular formula is C18H20N6O3. The Morgan fingerprint density at radius 2 is 2.07 bits per heavy atom. The molecule has 4 N–H and O–H groups in total. The number of nitrogens with zero attached hydrogens (tertiary/aromatic N) is 3. The number of carbonyl (C=O) groups excluding carboxylic acids is 2. The van der Waals surface area contributed by atoms with Gasteiger partial charge in [0.2, 0.25) is 5.95 Å². The van der Waals surface area contributed by atoms with Crippen molar-refractivity contribution in [2.75, 3.05) is 30.3 Å². The lowest BCUT2D eigenvalue weighted by Crippen LogP contribution is -2.39. The summed E-state index contributed by atoms with van der Waals surface area (Å²) in [5.74, 6) is -0.118. The number of aromatic amines is 1. The number of hydrogen-bond donors (Lipinski definition) is 3. The number of H-pyrrole nitrogens is 1. The molecule has 0 spiro atoms. The van der Waals surface area contributed by atoms with Crippen LogP contribution in [0.4, 0.5) is 16.4 Å². The van der Waals surface area contributed by atoms with E-state index in [1.165, 1.54) is 0 Å². The highest BCUT2D eigenvalue weighted by Crippen LogP contribution is 2.25. The summed E-state index contributed by atoms with van der Waals surface area (Å²) >= 11 is 0. The zero-order valence-corrected chi connectivity index (χ0v) is 14.9. The van der Waals surface area contributed by atoms with E-state index in [9.17, 15) is 14.4 Å². The molecule has 0 bridgehead atoms. The molecule has 2 aromatic rings. The summed E-state index contributed by atoms with van der Waals surface area (Å²) in [6.45, 7) is 3.72. The molecule has 0 saturated carbocycles. The van der Waals surface area contributed by atoms with Crippen LogP contribution in [0.2, 0.25) is 0 Å². The molecule has 1 aromatic carbocycles. The molecule has 140 valence electrons. The van der Waals surface area contributed by atoms with Crippen LogP contribution in [0.1, 0.15) is 27.2 Å². The number of aromatic nitrogens is 2. The van der Waals surface area contributed by atoms with Crippen molar-refractivity contribution in [1.29, 1.82) is 0 Å². The van der Waals surface area contributed by atoms with Crippen molar-refractivity contribution >= 4 is 23.6 Å². The molecular weight excluding hydrogens is 348 g/mol. The predicted molar refractivity (Wildman–Crippen MR) is 99.6 cm³/mol. The summed E-state index contributed by atoms with van der Waals surface area (Å²) in [5.41, 5.74) is 8.63. The van der Waals surface area contributed by atoms with Crippen LogP contribution in [-0.2, 0) is 13.0 Å². The van der Waals surface area contributed by atoms with Gasteiger partial charge in [-0.3, -0.25) is 19.5 Å². The van der Waals surface area contributed by atoms with E-state index in [1.807, 2.05) is 13.0 Å². The highest BCUT2D eigenvalue weighted by Gasteiger charge is 2.27. The number of aryl methyl sites for hydroxylation is 1. The molecule has 3 heterocycles. The standard InChI is InChI=1S/C18H20N6O3/c1-10-2-3-11(8-14(10)24-7-5-20-18(24)27)16(26)23-6-4-12-13(9-23)21-17(19)22-15(12)25/h2-3,8H,4-7,9H2,1H3,(H,20,27)(H3,19,21,22,25). The van der Waals surface area contributed by atoms with Crippen molar-refractivity contribution in [1.82, 2.24) is 20.2 Å². The maximum atomic E-state index is 13.0. The summed E-state index contributed by atoms with van der Waals surface area (Å²) in [6.07, 6.45) is 0.428. The fourth-order valence-electron chi connectivity index (χ4n) is 3.55. The molecule has 1 fully saturated rings. The van der Waals surface area contributed by atoms with Gasteiger partial charge in [0.05, 0.1) is 12.2 Å². The van der Waals surface area contributed by atoms with Crippen LogP contribution in [-0.4, -0.2) is 46.4 Å². The van der Waals surface area contributed by atoms with Crippen molar-refractivity contribution in [2.45, 2.75) is 19.9 Å². The van der Waals surface area contributed by atoms with Gasteiger partial charge in [-0.2, -0.15) is 0 Å². The fourth-order valence-corrected chi connectivity index (χ4v) is 3.55. The molecule has 1 saturated heterocycles. The maximum Gasteiger partial charge on any atom is 0.322 e. The Balaban J connectivity index is 1.62. The zero-order valence-electron chi connectivity index (χ0n) is 14.9. The van der Waals surface area contributed by atoms with E-state index in [0.29, 0.717) is 42.9 Å². The van der Waals surface area contributed by atoms with Gasteiger partial charge < -0.3 is 16.0 Å². The van der Waals surface area contributed by atoms with E-state index in [-0.39, 0.29) is 30.0 Å². The molecule has 2 aliphatic rings. The van der Waals surface area contributed by atoms with Gasteiger partial charge in [0.25, 0.3) is 11.5 Å². The van der Waals surface area contributed by atoms with E-state index >= 15 is 0 Å². The van der Waals surface area contributed by atoms with Gasteiger partial charge in [0.1, 0.15) is 0 Å². The van der Waals surface area contributed by atoms with E-state index in [0.717, 1.165) is 11.3 Å². The predicted octanol–water partition coefficient (Wildman–Crippen LogP) is 0.389. The van der Waals surface area contributed by atoms with Gasteiger partial charge in [-0.25, -0.2) is 9.78 Å². The Kier molecular flexibility index (Phi) is 4.06. The molecule has 0 radical (unpaired) electrons. The SMILES string of the molecule is Cc1ccc(C(=O)N2CCc3c(nc(N)[nH]c3=O)C2)cc1N1CCNC1=O. The van der Waals surface area contributed by atoms with Crippen LogP contribution in [0.3, 0.4) is 0 Å². The number of hydrogen-bond acceptors (Lipinski definition) is 5. The summed E-state index contributed by atoms with van der Waals surface area (Å²) < 4.78 is 0. The molecule has 9 nitrogen and oxygen atoms in total. The molecule has 0 unspecified atom stereocenters. The van der Waals surface area contributed by atoms with Gasteiger partial charge in [-0.1, -0.05) is 6.07 Å². The smallest absolute Gasteiger partial charge is 0.322 e. The Hall–Kier alpha value is -3.36. The molecule has 3 amide bonds. The third kappa shape index (κ3) is 3.01. The molecule has 9 heteroatoms. The topological polar surface area (TPSA) is 124 Å². The number of urea groups is 1. The lowest BCUT2D eigenvalue weighted by atomic mass is 10.0. The molecule has 27 heavy (non-hydrogen) atoms. The second-order valence-electron chi connectivity index (χ2n) is 6.74. The average molecular weight is 368 g/mol. The third-order valence-electron chi connectivity index (χ3n) is 4.98.